The van der Waals surface area contributed by atoms with Crippen LogP contribution in [0.1, 0.15) is 16.1 Å². The fourth-order valence-electron chi connectivity index (χ4n) is 1.01. The average molecular weight is 208 g/mol. The molecule has 2 heterocycles. The van der Waals surface area contributed by atoms with Crippen molar-refractivity contribution in [2.75, 3.05) is 5.73 Å². The molecule has 2 aromatic heterocycles. The molecule has 7 nitrogen and oxygen atoms in total. The minimum absolute atomic E-state index is 0.0153. The lowest BCUT2D eigenvalue weighted by Gasteiger charge is -1.99. The lowest BCUT2D eigenvalue weighted by atomic mass is 10.3. The summed E-state index contributed by atoms with van der Waals surface area (Å²) >= 11 is 0. The molecular formula is C8H8N4O3. The largest absolute Gasteiger partial charge is 0.472 e. The highest BCUT2D eigenvalue weighted by Crippen LogP contribution is 2.04. The van der Waals surface area contributed by atoms with Gasteiger partial charge in [-0.15, -0.1) is 0 Å². The van der Waals surface area contributed by atoms with Crippen LogP contribution in [0, 0.1) is 0 Å². The highest BCUT2D eigenvalue weighted by molar-refractivity contribution is 5.95. The number of nitrogens with two attached hydrogens (primary N) is 1. The summed E-state index contributed by atoms with van der Waals surface area (Å²) < 4.78 is 9.14. The third-order valence-corrected chi connectivity index (χ3v) is 1.76. The van der Waals surface area contributed by atoms with E-state index in [4.69, 9.17) is 10.2 Å². The van der Waals surface area contributed by atoms with E-state index < -0.39 is 5.91 Å². The molecule has 2 aromatic rings. The van der Waals surface area contributed by atoms with Gasteiger partial charge in [0.2, 0.25) is 11.5 Å². The Kier molecular flexibility index (Phi) is 2.36. The van der Waals surface area contributed by atoms with E-state index in [1.165, 1.54) is 12.5 Å². The average Bonchev–Trinajstić information content (AvgIpc) is 2.84. The molecule has 0 bridgehead atoms. The van der Waals surface area contributed by atoms with Crippen molar-refractivity contribution in [1.29, 1.82) is 0 Å². The number of nitrogen functional groups attached to an aromatic ring is 1. The van der Waals surface area contributed by atoms with Gasteiger partial charge in [-0.1, -0.05) is 0 Å². The van der Waals surface area contributed by atoms with Gasteiger partial charge >= 0.3 is 0 Å². The molecule has 0 saturated carbocycles. The van der Waals surface area contributed by atoms with Crippen LogP contribution in [0.15, 0.2) is 27.6 Å². The van der Waals surface area contributed by atoms with Gasteiger partial charge in [0.05, 0.1) is 12.5 Å². The first-order valence-corrected chi connectivity index (χ1v) is 4.14. The van der Waals surface area contributed by atoms with E-state index in [1.54, 1.807) is 6.07 Å². The Hall–Kier alpha value is -2.31. The number of furan rings is 1. The van der Waals surface area contributed by atoms with Crippen molar-refractivity contribution in [3.05, 3.63) is 29.9 Å². The number of carbonyl (C=O) groups is 1. The molecule has 0 radical (unpaired) electrons. The van der Waals surface area contributed by atoms with Crippen LogP contribution in [0.4, 0.5) is 5.82 Å². The first-order valence-electron chi connectivity index (χ1n) is 4.14. The zero-order valence-corrected chi connectivity index (χ0v) is 7.64. The third kappa shape index (κ3) is 1.96. The quantitative estimate of drug-likeness (QED) is 0.744. The second kappa shape index (κ2) is 3.82. The van der Waals surface area contributed by atoms with Gasteiger partial charge in [-0.25, -0.2) is 4.63 Å². The van der Waals surface area contributed by atoms with E-state index in [0.29, 0.717) is 6.54 Å². The number of carbonyl (C=O) groups excluding carboxylic acids is 1. The summed E-state index contributed by atoms with van der Waals surface area (Å²) in [7, 11) is 0. The van der Waals surface area contributed by atoms with Gasteiger partial charge in [0.25, 0.3) is 5.91 Å². The van der Waals surface area contributed by atoms with Crippen LogP contribution in [0.5, 0.6) is 0 Å². The summed E-state index contributed by atoms with van der Waals surface area (Å²) in [5, 5.41) is 9.25. The SMILES string of the molecule is Nc1nonc1C(=O)NCc1ccoc1. The summed E-state index contributed by atoms with van der Waals surface area (Å²) in [6, 6.07) is 1.74. The highest BCUT2D eigenvalue weighted by Gasteiger charge is 2.15. The number of hydrogen-bond acceptors (Lipinski definition) is 6. The van der Waals surface area contributed by atoms with Crippen LogP contribution in [-0.2, 0) is 6.54 Å². The van der Waals surface area contributed by atoms with Gasteiger partial charge in [-0.05, 0) is 16.4 Å². The van der Waals surface area contributed by atoms with Crippen molar-refractivity contribution in [2.24, 2.45) is 0 Å². The number of aromatic nitrogens is 2. The second-order valence-electron chi connectivity index (χ2n) is 2.81. The van der Waals surface area contributed by atoms with Crippen molar-refractivity contribution in [3.8, 4) is 0 Å². The Balaban J connectivity index is 1.96. The molecule has 0 aliphatic rings. The first kappa shape index (κ1) is 9.25. The predicted molar refractivity (Wildman–Crippen MR) is 48.6 cm³/mol. The van der Waals surface area contributed by atoms with Crippen molar-refractivity contribution < 1.29 is 13.8 Å². The van der Waals surface area contributed by atoms with E-state index >= 15 is 0 Å². The van der Waals surface area contributed by atoms with Gasteiger partial charge in [-0.3, -0.25) is 4.79 Å². The molecule has 78 valence electrons. The number of hydrogen-bond donors (Lipinski definition) is 2. The maximum Gasteiger partial charge on any atom is 0.277 e. The molecule has 0 fully saturated rings. The molecule has 0 aromatic carbocycles. The molecule has 7 heteroatoms. The lowest BCUT2D eigenvalue weighted by molar-refractivity contribution is 0.0941. The zero-order chi connectivity index (χ0) is 10.7. The molecule has 0 spiro atoms. The molecule has 3 N–H and O–H groups in total. The van der Waals surface area contributed by atoms with E-state index in [-0.39, 0.29) is 11.5 Å². The Morgan fingerprint density at radius 2 is 2.40 bits per heavy atom. The number of nitrogens with one attached hydrogen (secondary N) is 1. The number of anilines is 1. The van der Waals surface area contributed by atoms with Gasteiger partial charge in [0, 0.05) is 12.1 Å². The normalized spacial score (nSPS) is 10.1. The van der Waals surface area contributed by atoms with Crippen LogP contribution in [0.2, 0.25) is 0 Å². The molecule has 1 amide bonds. The van der Waals surface area contributed by atoms with Gasteiger partial charge in [-0.2, -0.15) is 0 Å². The minimum Gasteiger partial charge on any atom is -0.472 e. The van der Waals surface area contributed by atoms with Gasteiger partial charge in [0.15, 0.2) is 0 Å². The number of nitrogens with zero attached hydrogens (tertiary/aromatic N) is 2. The summed E-state index contributed by atoms with van der Waals surface area (Å²) in [6.07, 6.45) is 3.05. The maximum atomic E-state index is 11.4. The Morgan fingerprint density at radius 1 is 1.53 bits per heavy atom. The van der Waals surface area contributed by atoms with Gasteiger partial charge < -0.3 is 15.5 Å². The van der Waals surface area contributed by atoms with E-state index in [0.717, 1.165) is 5.56 Å². The summed E-state index contributed by atoms with van der Waals surface area (Å²) in [5.74, 6) is -0.463. The third-order valence-electron chi connectivity index (χ3n) is 1.76. The van der Waals surface area contributed by atoms with Crippen LogP contribution in [-0.4, -0.2) is 16.2 Å². The topological polar surface area (TPSA) is 107 Å². The van der Waals surface area contributed by atoms with Crippen molar-refractivity contribution >= 4 is 11.7 Å². The van der Waals surface area contributed by atoms with E-state index in [9.17, 15) is 4.79 Å². The highest BCUT2D eigenvalue weighted by atomic mass is 16.6. The van der Waals surface area contributed by atoms with Crippen molar-refractivity contribution in [2.45, 2.75) is 6.54 Å². The maximum absolute atomic E-state index is 11.4. The zero-order valence-electron chi connectivity index (χ0n) is 7.64. The van der Waals surface area contributed by atoms with Crippen molar-refractivity contribution in [3.63, 3.8) is 0 Å². The minimum atomic E-state index is -0.435. The predicted octanol–water partition coefficient (Wildman–Crippen LogP) is 0.175. The Morgan fingerprint density at radius 3 is 3.00 bits per heavy atom. The van der Waals surface area contributed by atoms with Crippen LogP contribution < -0.4 is 11.1 Å². The Bertz CT molecular complexity index is 448. The smallest absolute Gasteiger partial charge is 0.277 e. The van der Waals surface area contributed by atoms with Gasteiger partial charge in [0.1, 0.15) is 0 Å². The fraction of sp³-hybridized carbons (Fsp3) is 0.125. The van der Waals surface area contributed by atoms with Crippen molar-refractivity contribution in [1.82, 2.24) is 15.6 Å². The summed E-state index contributed by atoms with van der Waals surface area (Å²) in [4.78, 5) is 11.4. The molecule has 0 saturated heterocycles. The van der Waals surface area contributed by atoms with Crippen LogP contribution in [0.25, 0.3) is 0 Å². The van der Waals surface area contributed by atoms with Crippen LogP contribution in [0.3, 0.4) is 0 Å². The number of rotatable bonds is 3. The summed E-state index contributed by atoms with van der Waals surface area (Å²) in [5.41, 5.74) is 6.17. The fourth-order valence-corrected chi connectivity index (χ4v) is 1.01. The molecule has 0 unspecified atom stereocenters. The van der Waals surface area contributed by atoms with E-state index in [1.807, 2.05) is 0 Å². The molecular weight excluding hydrogens is 200 g/mol. The second-order valence-corrected chi connectivity index (χ2v) is 2.81. The molecule has 0 aliphatic carbocycles. The molecule has 15 heavy (non-hydrogen) atoms. The summed E-state index contributed by atoms with van der Waals surface area (Å²) in [6.45, 7) is 0.335. The molecule has 2 rings (SSSR count). The molecule has 0 atom stereocenters. The van der Waals surface area contributed by atoms with E-state index in [2.05, 4.69) is 20.3 Å². The standard InChI is InChI=1S/C8H8N4O3/c9-7-6(11-15-12-7)8(13)10-3-5-1-2-14-4-5/h1-2,4H,3H2,(H2,9,12)(H,10,13). The lowest BCUT2D eigenvalue weighted by Crippen LogP contribution is -2.23. The first-order chi connectivity index (χ1) is 7.27. The monoisotopic (exact) mass is 208 g/mol. The van der Waals surface area contributed by atoms with Crippen LogP contribution >= 0.6 is 0 Å². The Labute approximate surface area is 84.2 Å². The molecule has 0 aliphatic heterocycles. The number of amides is 1.